The van der Waals surface area contributed by atoms with Crippen LogP contribution < -0.4 is 0 Å². The van der Waals surface area contributed by atoms with Gasteiger partial charge in [-0.3, -0.25) is 0 Å². The van der Waals surface area contributed by atoms with E-state index in [1.54, 1.807) is 0 Å². The van der Waals surface area contributed by atoms with Crippen molar-refractivity contribution >= 4 is 6.29 Å². The fraction of sp³-hybridized carbons (Fsp3) is 0.133. The lowest BCUT2D eigenvalue weighted by Crippen LogP contribution is -2.08. The van der Waals surface area contributed by atoms with Gasteiger partial charge in [0.2, 0.25) is 0 Å². The van der Waals surface area contributed by atoms with Crippen molar-refractivity contribution in [3.05, 3.63) is 70.5 Å². The van der Waals surface area contributed by atoms with E-state index in [1.807, 2.05) is 0 Å². The molecule has 0 aliphatic carbocycles. The fourth-order valence-electron chi connectivity index (χ4n) is 1.98. The molecule has 2 rings (SSSR count). The van der Waals surface area contributed by atoms with Crippen molar-refractivity contribution in [1.29, 1.82) is 0 Å². The summed E-state index contributed by atoms with van der Waals surface area (Å²) in [6.07, 6.45) is -4.22. The molecule has 0 amide bonds. The molecule has 116 valence electrons. The van der Waals surface area contributed by atoms with E-state index in [2.05, 4.69) is 0 Å². The lowest BCUT2D eigenvalue weighted by Gasteiger charge is -2.13. The third-order valence-electron chi connectivity index (χ3n) is 3.10. The molecule has 22 heavy (non-hydrogen) atoms. The molecule has 0 heterocycles. The van der Waals surface area contributed by atoms with Crippen LogP contribution in [0.25, 0.3) is 0 Å². The minimum Gasteiger partial charge on any atom is -0.302 e. The number of hydrogen-bond donors (Lipinski definition) is 0. The lowest BCUT2D eigenvalue weighted by molar-refractivity contribution is -0.137. The van der Waals surface area contributed by atoms with E-state index in [9.17, 15) is 31.1 Å². The van der Waals surface area contributed by atoms with Crippen molar-refractivity contribution in [1.82, 2.24) is 0 Å². The summed E-state index contributed by atoms with van der Waals surface area (Å²) in [5.74, 6) is -5.84. The number of carbonyl (C=O) groups is 1. The van der Waals surface area contributed by atoms with Gasteiger partial charge in [-0.05, 0) is 35.4 Å². The van der Waals surface area contributed by atoms with Crippen molar-refractivity contribution in [2.75, 3.05) is 0 Å². The van der Waals surface area contributed by atoms with Gasteiger partial charge in [-0.1, -0.05) is 12.1 Å². The van der Waals surface area contributed by atoms with E-state index in [4.69, 9.17) is 0 Å². The molecule has 1 unspecified atom stereocenters. The lowest BCUT2D eigenvalue weighted by atomic mass is 9.91. The maximum atomic E-state index is 13.2. The van der Waals surface area contributed by atoms with Crippen LogP contribution in [-0.4, -0.2) is 6.29 Å². The Hall–Kier alpha value is -2.31. The number of carbonyl (C=O) groups excluding carboxylic acids is 1. The molecule has 0 N–H and O–H groups in total. The van der Waals surface area contributed by atoms with Gasteiger partial charge in [-0.2, -0.15) is 13.2 Å². The molecule has 0 saturated heterocycles. The standard InChI is InChI=1S/C15H8F6O/c16-12-5-9(6-13(17)14(12)18)11(7-22)8-1-3-10(4-2-8)15(19,20)21/h1-7,11H. The molecule has 0 spiro atoms. The van der Waals surface area contributed by atoms with E-state index in [0.29, 0.717) is 18.4 Å². The molecule has 0 fully saturated rings. The highest BCUT2D eigenvalue weighted by atomic mass is 19.4. The summed E-state index contributed by atoms with van der Waals surface area (Å²) in [7, 11) is 0. The van der Waals surface area contributed by atoms with Crippen LogP contribution in [0.4, 0.5) is 26.3 Å². The van der Waals surface area contributed by atoms with Gasteiger partial charge in [-0.15, -0.1) is 0 Å². The zero-order valence-electron chi connectivity index (χ0n) is 10.8. The first-order valence-electron chi connectivity index (χ1n) is 6.01. The van der Waals surface area contributed by atoms with Gasteiger partial charge >= 0.3 is 6.18 Å². The van der Waals surface area contributed by atoms with Gasteiger partial charge in [0.1, 0.15) is 6.29 Å². The van der Waals surface area contributed by atoms with Crippen LogP contribution in [0.1, 0.15) is 22.6 Å². The first-order valence-corrected chi connectivity index (χ1v) is 6.01. The molecule has 2 aromatic rings. The normalized spacial score (nSPS) is 13.0. The highest BCUT2D eigenvalue weighted by molar-refractivity contribution is 5.68. The maximum Gasteiger partial charge on any atom is 0.416 e. The van der Waals surface area contributed by atoms with Crippen LogP contribution in [0.15, 0.2) is 36.4 Å². The number of alkyl halides is 3. The Morgan fingerprint density at radius 2 is 1.36 bits per heavy atom. The van der Waals surface area contributed by atoms with Crippen molar-refractivity contribution < 1.29 is 31.1 Å². The van der Waals surface area contributed by atoms with Crippen LogP contribution in [-0.2, 0) is 11.0 Å². The molecular weight excluding hydrogens is 310 g/mol. The Kier molecular flexibility index (Phi) is 4.25. The minimum absolute atomic E-state index is 0.105. The van der Waals surface area contributed by atoms with E-state index in [-0.39, 0.29) is 11.1 Å². The smallest absolute Gasteiger partial charge is 0.302 e. The number of rotatable bonds is 3. The molecule has 0 bridgehead atoms. The van der Waals surface area contributed by atoms with Crippen molar-refractivity contribution in [3.63, 3.8) is 0 Å². The number of halogens is 6. The Morgan fingerprint density at radius 3 is 1.77 bits per heavy atom. The second-order valence-corrected chi connectivity index (χ2v) is 4.53. The molecular formula is C15H8F6O. The molecule has 0 aromatic heterocycles. The third kappa shape index (κ3) is 3.13. The zero-order chi connectivity index (χ0) is 16.5. The van der Waals surface area contributed by atoms with Crippen molar-refractivity contribution in [3.8, 4) is 0 Å². The van der Waals surface area contributed by atoms with Crippen molar-refractivity contribution in [2.45, 2.75) is 12.1 Å². The molecule has 2 aromatic carbocycles. The van der Waals surface area contributed by atoms with Gasteiger partial charge < -0.3 is 4.79 Å². The molecule has 7 heteroatoms. The second kappa shape index (κ2) is 5.82. The highest BCUT2D eigenvalue weighted by Gasteiger charge is 2.30. The first-order chi connectivity index (χ1) is 10.2. The third-order valence-corrected chi connectivity index (χ3v) is 3.10. The highest BCUT2D eigenvalue weighted by Crippen LogP contribution is 2.31. The molecule has 1 nitrogen and oxygen atoms in total. The summed E-state index contributed by atoms with van der Waals surface area (Å²) < 4.78 is 76.7. The average molecular weight is 318 g/mol. The summed E-state index contributed by atoms with van der Waals surface area (Å²) in [4.78, 5) is 11.1. The number of aldehydes is 1. The molecule has 0 aliphatic rings. The quantitative estimate of drug-likeness (QED) is 0.464. The van der Waals surface area contributed by atoms with E-state index < -0.39 is 35.1 Å². The Bertz CT molecular complexity index is 667. The second-order valence-electron chi connectivity index (χ2n) is 4.53. The summed E-state index contributed by atoms with van der Waals surface area (Å²) in [6, 6.07) is 4.83. The van der Waals surface area contributed by atoms with Gasteiger partial charge in [-0.25, -0.2) is 13.2 Å². The van der Waals surface area contributed by atoms with Gasteiger partial charge in [0, 0.05) is 0 Å². The molecule has 1 atom stereocenters. The van der Waals surface area contributed by atoms with Crippen LogP contribution in [0, 0.1) is 17.5 Å². The maximum absolute atomic E-state index is 13.2. The summed E-state index contributed by atoms with van der Waals surface area (Å²) >= 11 is 0. The Balaban J connectivity index is 2.42. The monoisotopic (exact) mass is 318 g/mol. The van der Waals surface area contributed by atoms with Gasteiger partial charge in [0.05, 0.1) is 11.5 Å². The molecule has 0 radical (unpaired) electrons. The summed E-state index contributed by atoms with van der Waals surface area (Å²) in [5.41, 5.74) is -1.00. The molecule has 0 aliphatic heterocycles. The van der Waals surface area contributed by atoms with Crippen LogP contribution in [0.3, 0.4) is 0 Å². The van der Waals surface area contributed by atoms with E-state index in [1.165, 1.54) is 0 Å². The largest absolute Gasteiger partial charge is 0.416 e. The topological polar surface area (TPSA) is 17.1 Å². The fourth-order valence-corrected chi connectivity index (χ4v) is 1.98. The predicted octanol–water partition coefficient (Wildman–Crippen LogP) is 4.45. The van der Waals surface area contributed by atoms with Gasteiger partial charge in [0.25, 0.3) is 0 Å². The average Bonchev–Trinajstić information content (AvgIpc) is 2.45. The Morgan fingerprint density at radius 1 is 0.864 bits per heavy atom. The first kappa shape index (κ1) is 16.1. The minimum atomic E-state index is -4.54. The Labute approximate surface area is 121 Å². The summed E-state index contributed by atoms with van der Waals surface area (Å²) in [6.45, 7) is 0. The number of hydrogen-bond acceptors (Lipinski definition) is 1. The SMILES string of the molecule is O=CC(c1ccc(C(F)(F)F)cc1)c1cc(F)c(F)c(F)c1. The van der Waals surface area contributed by atoms with E-state index in [0.717, 1.165) is 24.3 Å². The van der Waals surface area contributed by atoms with Crippen LogP contribution in [0.2, 0.25) is 0 Å². The van der Waals surface area contributed by atoms with Crippen LogP contribution in [0.5, 0.6) is 0 Å². The van der Waals surface area contributed by atoms with Gasteiger partial charge in [0.15, 0.2) is 17.5 Å². The predicted molar refractivity (Wildman–Crippen MR) is 65.7 cm³/mol. The number of benzene rings is 2. The molecule has 0 saturated carbocycles. The van der Waals surface area contributed by atoms with Crippen LogP contribution >= 0.6 is 0 Å². The van der Waals surface area contributed by atoms with E-state index >= 15 is 0 Å². The summed E-state index contributed by atoms with van der Waals surface area (Å²) in [5, 5.41) is 0. The van der Waals surface area contributed by atoms with Crippen molar-refractivity contribution in [2.24, 2.45) is 0 Å². The zero-order valence-corrected chi connectivity index (χ0v) is 10.8.